The zero-order chi connectivity index (χ0) is 24.8. The first-order chi connectivity index (χ1) is 16.0. The standard InChI is InChI=1S/C25H22ClF3N3OP/c1-13(16-6-5-7-19(27)24(16)29)32-25-18-10-17(15-8-9-22(30-12-15)34(3,4)33)20(28)11-21(18)31-14(2)23(25)26/h5-13H,1-4H3,(H,31,32)/t13-/m1/s1. The molecule has 176 valence electrons. The van der Waals surface area contributed by atoms with Gasteiger partial charge in [0.15, 0.2) is 11.6 Å². The lowest BCUT2D eigenvalue weighted by molar-refractivity contribution is 0.495. The van der Waals surface area contributed by atoms with Crippen molar-refractivity contribution in [3.8, 4) is 11.1 Å². The second-order valence-corrected chi connectivity index (χ2v) is 12.0. The lowest BCUT2D eigenvalue weighted by Gasteiger charge is -2.20. The molecule has 0 unspecified atom stereocenters. The Labute approximate surface area is 200 Å². The van der Waals surface area contributed by atoms with Crippen molar-refractivity contribution in [2.24, 2.45) is 0 Å². The molecule has 0 fully saturated rings. The van der Waals surface area contributed by atoms with Gasteiger partial charge in [0.05, 0.1) is 33.4 Å². The Morgan fingerprint density at radius 2 is 1.79 bits per heavy atom. The van der Waals surface area contributed by atoms with Crippen molar-refractivity contribution in [2.75, 3.05) is 18.6 Å². The first kappa shape index (κ1) is 24.2. The molecule has 4 aromatic rings. The number of nitrogens with one attached hydrogen (secondary N) is 1. The topological polar surface area (TPSA) is 54.9 Å². The van der Waals surface area contributed by atoms with E-state index in [9.17, 15) is 13.3 Å². The van der Waals surface area contributed by atoms with Crippen molar-refractivity contribution in [3.05, 3.63) is 82.4 Å². The fourth-order valence-corrected chi connectivity index (χ4v) is 4.73. The molecule has 2 aromatic carbocycles. The normalized spacial score (nSPS) is 12.7. The monoisotopic (exact) mass is 503 g/mol. The first-order valence-corrected chi connectivity index (χ1v) is 13.5. The van der Waals surface area contributed by atoms with Crippen molar-refractivity contribution in [1.82, 2.24) is 9.97 Å². The van der Waals surface area contributed by atoms with Gasteiger partial charge in [-0.2, -0.15) is 0 Å². The Kier molecular flexibility index (Phi) is 6.45. The third-order valence-corrected chi connectivity index (χ3v) is 7.43. The van der Waals surface area contributed by atoms with Gasteiger partial charge < -0.3 is 9.88 Å². The van der Waals surface area contributed by atoms with E-state index in [0.29, 0.717) is 38.3 Å². The van der Waals surface area contributed by atoms with Crippen molar-refractivity contribution >= 4 is 40.8 Å². The van der Waals surface area contributed by atoms with Gasteiger partial charge in [-0.3, -0.25) is 9.97 Å². The zero-order valence-corrected chi connectivity index (χ0v) is 20.6. The van der Waals surface area contributed by atoms with Crippen LogP contribution in [0, 0.1) is 24.4 Å². The molecule has 0 saturated heterocycles. The fraction of sp³-hybridized carbons (Fsp3) is 0.200. The van der Waals surface area contributed by atoms with Gasteiger partial charge in [-0.25, -0.2) is 13.2 Å². The van der Waals surface area contributed by atoms with Gasteiger partial charge in [-0.1, -0.05) is 29.8 Å². The number of anilines is 1. The van der Waals surface area contributed by atoms with E-state index in [4.69, 9.17) is 11.6 Å². The molecule has 0 radical (unpaired) electrons. The summed E-state index contributed by atoms with van der Waals surface area (Å²) in [6, 6.07) is 9.49. The fourth-order valence-electron chi connectivity index (χ4n) is 3.76. The number of hydrogen-bond acceptors (Lipinski definition) is 4. The summed E-state index contributed by atoms with van der Waals surface area (Å²) in [6.07, 6.45) is 1.47. The van der Waals surface area contributed by atoms with E-state index >= 15 is 4.39 Å². The third-order valence-electron chi connectivity index (χ3n) is 5.60. The second kappa shape index (κ2) is 9.05. The molecule has 0 spiro atoms. The van der Waals surface area contributed by atoms with Crippen molar-refractivity contribution in [1.29, 1.82) is 0 Å². The average Bonchev–Trinajstić information content (AvgIpc) is 2.78. The summed E-state index contributed by atoms with van der Waals surface area (Å²) in [5, 5.41) is 3.95. The van der Waals surface area contributed by atoms with E-state index in [1.807, 2.05) is 0 Å². The minimum Gasteiger partial charge on any atom is -0.377 e. The Balaban J connectivity index is 1.84. The Morgan fingerprint density at radius 1 is 1.06 bits per heavy atom. The molecule has 0 aliphatic heterocycles. The third kappa shape index (κ3) is 4.55. The summed E-state index contributed by atoms with van der Waals surface area (Å²) >= 11 is 6.55. The van der Waals surface area contributed by atoms with Crippen molar-refractivity contribution < 1.29 is 17.7 Å². The first-order valence-electron chi connectivity index (χ1n) is 10.5. The number of aromatic nitrogens is 2. The van der Waals surface area contributed by atoms with Crippen molar-refractivity contribution in [3.63, 3.8) is 0 Å². The molecule has 2 aromatic heterocycles. The minimum atomic E-state index is -2.55. The number of fused-ring (bicyclic) bond motifs is 1. The maximum atomic E-state index is 15.1. The van der Waals surface area contributed by atoms with Crippen LogP contribution in [-0.2, 0) is 4.57 Å². The summed E-state index contributed by atoms with van der Waals surface area (Å²) < 4.78 is 55.5. The molecular weight excluding hydrogens is 482 g/mol. The second-order valence-electron chi connectivity index (χ2n) is 8.50. The molecule has 0 aliphatic carbocycles. The summed E-state index contributed by atoms with van der Waals surface area (Å²) in [6.45, 7) is 6.59. The molecule has 0 bridgehead atoms. The van der Waals surface area contributed by atoms with Crippen LogP contribution in [0.2, 0.25) is 5.02 Å². The van der Waals surface area contributed by atoms with Crippen LogP contribution in [0.4, 0.5) is 18.9 Å². The van der Waals surface area contributed by atoms with Crippen molar-refractivity contribution in [2.45, 2.75) is 19.9 Å². The molecule has 9 heteroatoms. The van der Waals surface area contributed by atoms with Gasteiger partial charge in [0.1, 0.15) is 13.0 Å². The van der Waals surface area contributed by atoms with Gasteiger partial charge in [0, 0.05) is 34.3 Å². The maximum absolute atomic E-state index is 15.1. The molecular formula is C25H22ClF3N3OP. The van der Waals surface area contributed by atoms with E-state index in [2.05, 4.69) is 15.3 Å². The lowest BCUT2D eigenvalue weighted by atomic mass is 10.0. The van der Waals surface area contributed by atoms with Gasteiger partial charge in [-0.05, 0) is 45.4 Å². The summed E-state index contributed by atoms with van der Waals surface area (Å²) in [5.41, 5.74) is 2.57. The van der Waals surface area contributed by atoms with E-state index in [0.717, 1.165) is 6.07 Å². The highest BCUT2D eigenvalue weighted by molar-refractivity contribution is 7.69. The van der Waals surface area contributed by atoms with E-state index in [-0.39, 0.29) is 11.1 Å². The highest BCUT2D eigenvalue weighted by atomic mass is 35.5. The van der Waals surface area contributed by atoms with E-state index in [1.165, 1.54) is 24.4 Å². The van der Waals surface area contributed by atoms with Crippen LogP contribution in [0.3, 0.4) is 0 Å². The van der Waals surface area contributed by atoms with E-state index in [1.54, 1.807) is 45.4 Å². The van der Waals surface area contributed by atoms with Crippen LogP contribution in [0.5, 0.6) is 0 Å². The van der Waals surface area contributed by atoms with Crippen LogP contribution >= 0.6 is 18.7 Å². The number of aryl methyl sites for hydroxylation is 1. The number of rotatable bonds is 5. The number of nitrogens with zero attached hydrogens (tertiary/aromatic N) is 2. The zero-order valence-electron chi connectivity index (χ0n) is 19.0. The summed E-state index contributed by atoms with van der Waals surface area (Å²) in [7, 11) is -2.55. The predicted octanol–water partition coefficient (Wildman–Crippen LogP) is 7.10. The van der Waals surface area contributed by atoms with Gasteiger partial charge in [-0.15, -0.1) is 0 Å². The largest absolute Gasteiger partial charge is 0.377 e. The molecule has 2 heterocycles. The summed E-state index contributed by atoms with van der Waals surface area (Å²) in [4.78, 5) is 8.63. The minimum absolute atomic E-state index is 0.129. The van der Waals surface area contributed by atoms with Crippen LogP contribution < -0.4 is 10.8 Å². The Morgan fingerprint density at radius 3 is 2.44 bits per heavy atom. The van der Waals surface area contributed by atoms with Gasteiger partial charge in [0.25, 0.3) is 0 Å². The molecule has 4 rings (SSSR count). The Hall–Kier alpha value is -2.89. The number of pyridine rings is 2. The molecule has 1 atom stereocenters. The number of benzene rings is 2. The Bertz CT molecular complexity index is 1450. The average molecular weight is 504 g/mol. The quantitative estimate of drug-likeness (QED) is 0.295. The highest BCUT2D eigenvalue weighted by Crippen LogP contribution is 2.39. The van der Waals surface area contributed by atoms with Gasteiger partial charge in [0.2, 0.25) is 0 Å². The molecule has 0 saturated carbocycles. The molecule has 0 amide bonds. The van der Waals surface area contributed by atoms with Crippen LogP contribution in [0.25, 0.3) is 22.0 Å². The van der Waals surface area contributed by atoms with Crippen LogP contribution in [-0.4, -0.2) is 23.3 Å². The predicted molar refractivity (Wildman–Crippen MR) is 132 cm³/mol. The molecule has 0 aliphatic rings. The van der Waals surface area contributed by atoms with Crippen LogP contribution in [0.1, 0.15) is 24.2 Å². The molecule has 34 heavy (non-hydrogen) atoms. The van der Waals surface area contributed by atoms with Gasteiger partial charge >= 0.3 is 0 Å². The maximum Gasteiger partial charge on any atom is 0.164 e. The lowest BCUT2D eigenvalue weighted by Crippen LogP contribution is -2.11. The number of hydrogen-bond donors (Lipinski definition) is 1. The molecule has 4 nitrogen and oxygen atoms in total. The number of halogens is 4. The van der Waals surface area contributed by atoms with Crippen LogP contribution in [0.15, 0.2) is 48.7 Å². The SMILES string of the molecule is Cc1nc2cc(F)c(-c3ccc(P(C)(C)=O)nc3)cc2c(N[C@H](C)c2cccc(F)c2F)c1Cl. The highest BCUT2D eigenvalue weighted by Gasteiger charge is 2.20. The van der Waals surface area contributed by atoms with E-state index < -0.39 is 30.6 Å². The molecule has 1 N–H and O–H groups in total. The smallest absolute Gasteiger partial charge is 0.164 e. The summed E-state index contributed by atoms with van der Waals surface area (Å²) in [5.74, 6) is -2.41.